The molecular weight excluding hydrogens is 669 g/mol. The Morgan fingerprint density at radius 1 is 0.857 bits per heavy atom. The van der Waals surface area contributed by atoms with Crippen LogP contribution in [-0.4, -0.2) is 44.9 Å². The van der Waals surface area contributed by atoms with Crippen molar-refractivity contribution in [2.45, 2.75) is 70.5 Å². The lowest BCUT2D eigenvalue weighted by atomic mass is 9.71. The van der Waals surface area contributed by atoms with Crippen LogP contribution in [0.15, 0.2) is 109 Å². The molecule has 1 aliphatic rings. The highest BCUT2D eigenvalue weighted by Gasteiger charge is 2.52. The number of piperidine rings is 1. The highest BCUT2D eigenvalue weighted by atomic mass is 35.5. The summed E-state index contributed by atoms with van der Waals surface area (Å²) in [6, 6.07) is 36.0. The lowest BCUT2D eigenvalue weighted by Gasteiger charge is -2.50. The van der Waals surface area contributed by atoms with Gasteiger partial charge in [0.05, 0.1) is 37.6 Å². The van der Waals surface area contributed by atoms with Gasteiger partial charge in [0.15, 0.2) is 0 Å². The number of halogens is 2. The number of carbonyl (C=O) groups excluding carboxylic acids is 2. The molecule has 49 heavy (non-hydrogen) atoms. The van der Waals surface area contributed by atoms with Crippen LogP contribution in [0.4, 0.5) is 0 Å². The lowest BCUT2D eigenvalue weighted by molar-refractivity contribution is -0.159. The summed E-state index contributed by atoms with van der Waals surface area (Å²) in [6.45, 7) is 11.0. The number of carbonyl (C=O) groups is 2. The Kier molecular flexibility index (Phi) is 11.8. The lowest BCUT2D eigenvalue weighted by Crippen LogP contribution is -2.67. The fourth-order valence-corrected chi connectivity index (χ4v) is 12.6. The summed E-state index contributed by atoms with van der Waals surface area (Å²) >= 11 is 13.0. The first kappa shape index (κ1) is 36.8. The molecule has 0 radical (unpaired) electrons. The second kappa shape index (κ2) is 15.6. The summed E-state index contributed by atoms with van der Waals surface area (Å²) < 4.78 is 12.6. The van der Waals surface area contributed by atoms with E-state index in [1.807, 2.05) is 59.5 Å². The summed E-state index contributed by atoms with van der Waals surface area (Å²) in [7, 11) is -1.54. The molecule has 0 aromatic heterocycles. The van der Waals surface area contributed by atoms with Gasteiger partial charge in [-0.2, -0.15) is 0 Å². The molecule has 5 atom stereocenters. The van der Waals surface area contributed by atoms with Crippen LogP contribution in [0, 0.1) is 11.8 Å². The maximum Gasteiger partial charge on any atom is 0.309 e. The average Bonchev–Trinajstić information content (AvgIpc) is 3.10. The average molecular weight is 717 g/mol. The quantitative estimate of drug-likeness (QED) is 0.115. The molecule has 5 unspecified atom stereocenters. The molecule has 0 N–H and O–H groups in total. The van der Waals surface area contributed by atoms with Crippen molar-refractivity contribution in [2.75, 3.05) is 13.7 Å². The van der Waals surface area contributed by atoms with E-state index in [4.69, 9.17) is 32.4 Å². The Morgan fingerprint density at radius 2 is 1.45 bits per heavy atom. The Labute approximate surface area is 302 Å². The number of hydrogen-bond donors (Lipinski definition) is 0. The normalized spacial score (nSPS) is 19.7. The third-order valence-corrected chi connectivity index (χ3v) is 15.7. The van der Waals surface area contributed by atoms with Crippen LogP contribution in [0.3, 0.4) is 0 Å². The molecule has 0 spiro atoms. The molecule has 4 aromatic rings. The minimum absolute atomic E-state index is 0.0750. The third kappa shape index (κ3) is 7.53. The molecule has 5 nitrogen and oxygen atoms in total. The molecule has 1 saturated heterocycles. The Morgan fingerprint density at radius 3 is 1.96 bits per heavy atom. The topological polar surface area (TPSA) is 55.8 Å². The van der Waals surface area contributed by atoms with E-state index >= 15 is 0 Å². The van der Waals surface area contributed by atoms with Crippen LogP contribution in [-0.2, 0) is 18.8 Å². The van der Waals surface area contributed by atoms with E-state index in [0.717, 1.165) is 11.1 Å². The van der Waals surface area contributed by atoms with Gasteiger partial charge in [-0.05, 0) is 63.6 Å². The molecule has 5 rings (SSSR count). The summed E-state index contributed by atoms with van der Waals surface area (Å²) in [5, 5.41) is 3.36. The molecule has 258 valence electrons. The van der Waals surface area contributed by atoms with Crippen LogP contribution < -0.4 is 10.4 Å². The minimum Gasteiger partial charge on any atom is -0.469 e. The zero-order valence-corrected chi connectivity index (χ0v) is 31.7. The van der Waals surface area contributed by atoms with Crippen molar-refractivity contribution in [3.8, 4) is 0 Å². The predicted molar refractivity (Wildman–Crippen MR) is 202 cm³/mol. The van der Waals surface area contributed by atoms with Gasteiger partial charge in [0.2, 0.25) is 5.91 Å². The van der Waals surface area contributed by atoms with Crippen LogP contribution >= 0.6 is 23.2 Å². The van der Waals surface area contributed by atoms with E-state index in [0.29, 0.717) is 29.5 Å². The second-order valence-corrected chi connectivity index (χ2v) is 19.3. The van der Waals surface area contributed by atoms with E-state index in [1.165, 1.54) is 17.5 Å². The van der Waals surface area contributed by atoms with Gasteiger partial charge >= 0.3 is 5.97 Å². The van der Waals surface area contributed by atoms with Crippen LogP contribution in [0.25, 0.3) is 0 Å². The van der Waals surface area contributed by atoms with Crippen molar-refractivity contribution in [3.05, 3.63) is 130 Å². The molecule has 0 aliphatic carbocycles. The van der Waals surface area contributed by atoms with Gasteiger partial charge in [-0.3, -0.25) is 9.59 Å². The number of hydrogen-bond acceptors (Lipinski definition) is 4. The Hall–Kier alpha value is -3.42. The van der Waals surface area contributed by atoms with Crippen molar-refractivity contribution in [2.24, 2.45) is 11.8 Å². The fraction of sp³-hybridized carbons (Fsp3) is 0.366. The Balaban J connectivity index is 1.67. The summed E-state index contributed by atoms with van der Waals surface area (Å²) in [6.07, 6.45) is 1.11. The van der Waals surface area contributed by atoms with E-state index in [2.05, 4.69) is 82.3 Å². The maximum atomic E-state index is 15.0. The van der Waals surface area contributed by atoms with Gasteiger partial charge in [-0.1, -0.05) is 143 Å². The fourth-order valence-electron chi connectivity index (χ4n) is 7.69. The van der Waals surface area contributed by atoms with E-state index in [-0.39, 0.29) is 28.9 Å². The molecule has 0 saturated carbocycles. The first-order valence-electron chi connectivity index (χ1n) is 17.1. The largest absolute Gasteiger partial charge is 0.469 e. The first-order valence-corrected chi connectivity index (χ1v) is 19.7. The zero-order valence-electron chi connectivity index (χ0n) is 29.2. The van der Waals surface area contributed by atoms with Crippen molar-refractivity contribution >= 4 is 53.8 Å². The molecule has 1 fully saturated rings. The third-order valence-electron chi connectivity index (χ3n) is 10.2. The molecule has 1 amide bonds. The van der Waals surface area contributed by atoms with Crippen molar-refractivity contribution < 1.29 is 18.8 Å². The number of methoxy groups -OCH3 is 1. The van der Waals surface area contributed by atoms with Crippen molar-refractivity contribution in [1.82, 2.24) is 4.90 Å². The number of rotatable bonds is 11. The van der Waals surface area contributed by atoms with Crippen molar-refractivity contribution in [1.29, 1.82) is 0 Å². The predicted octanol–water partition coefficient (Wildman–Crippen LogP) is 8.83. The van der Waals surface area contributed by atoms with E-state index < -0.39 is 26.1 Å². The second-order valence-electron chi connectivity index (χ2n) is 14.1. The summed E-state index contributed by atoms with van der Waals surface area (Å²) in [4.78, 5) is 30.0. The number of benzene rings is 4. The molecule has 8 heteroatoms. The first-order chi connectivity index (χ1) is 23.4. The number of amides is 1. The smallest absolute Gasteiger partial charge is 0.309 e. The number of nitrogens with zero attached hydrogens (tertiary/aromatic N) is 1. The number of likely N-dealkylation sites (tertiary alicyclic amines) is 1. The van der Waals surface area contributed by atoms with Crippen molar-refractivity contribution in [3.63, 3.8) is 0 Å². The van der Waals surface area contributed by atoms with Gasteiger partial charge < -0.3 is 14.1 Å². The SMILES string of the molecule is CCC(CO[Si](c1ccccc1)(c1ccccc1)C(C)(C)C)N1C(=O)C(C(C)C(=O)OC)CC(c2cccc(Cl)c2)C1c1ccc(Cl)cc1. The van der Waals surface area contributed by atoms with E-state index in [1.54, 1.807) is 6.92 Å². The van der Waals surface area contributed by atoms with Crippen LogP contribution in [0.1, 0.15) is 70.5 Å². The minimum atomic E-state index is -2.92. The summed E-state index contributed by atoms with van der Waals surface area (Å²) in [5.74, 6) is -1.86. The molecule has 1 heterocycles. The Bertz CT molecular complexity index is 1670. The standard InChI is InChI=1S/C41H47Cl2NO4Si/c1-7-33(27-48-49(41(3,4)5,34-17-10-8-11-18-34)35-19-12-9-13-20-35)44-38(29-21-23-31(42)24-22-29)37(30-15-14-16-32(43)25-30)26-36(39(44)45)28(2)40(46)47-6/h8-25,28,33,36-38H,7,26-27H2,1-6H3. The van der Waals surface area contributed by atoms with Gasteiger partial charge in [0.25, 0.3) is 8.32 Å². The zero-order chi connectivity index (χ0) is 35.3. The van der Waals surface area contributed by atoms with Gasteiger partial charge in [0.1, 0.15) is 0 Å². The molecule has 0 bridgehead atoms. The molecule has 1 aliphatic heterocycles. The summed E-state index contributed by atoms with van der Waals surface area (Å²) in [5.41, 5.74) is 1.98. The van der Waals surface area contributed by atoms with Crippen LogP contribution in [0.5, 0.6) is 0 Å². The molecular formula is C41H47Cl2NO4Si. The van der Waals surface area contributed by atoms with Gasteiger partial charge in [-0.15, -0.1) is 0 Å². The van der Waals surface area contributed by atoms with Gasteiger partial charge in [-0.25, -0.2) is 0 Å². The highest BCUT2D eigenvalue weighted by molar-refractivity contribution is 6.99. The van der Waals surface area contributed by atoms with Crippen LogP contribution in [0.2, 0.25) is 15.1 Å². The number of ether oxygens (including phenoxy) is 1. The highest BCUT2D eigenvalue weighted by Crippen LogP contribution is 2.49. The van der Waals surface area contributed by atoms with E-state index in [9.17, 15) is 9.59 Å². The molecule has 4 aromatic carbocycles. The maximum absolute atomic E-state index is 15.0. The van der Waals surface area contributed by atoms with Gasteiger partial charge in [0, 0.05) is 16.0 Å². The monoisotopic (exact) mass is 715 g/mol. The number of esters is 1.